The van der Waals surface area contributed by atoms with Crippen LogP contribution in [0.3, 0.4) is 0 Å². The molecule has 184 valence electrons. The molecule has 7 heteroatoms. The molecular weight excluding hydrogens is 470 g/mol. The van der Waals surface area contributed by atoms with Crippen molar-refractivity contribution in [2.45, 2.75) is 13.3 Å². The van der Waals surface area contributed by atoms with Crippen molar-refractivity contribution in [2.75, 3.05) is 33.3 Å². The summed E-state index contributed by atoms with van der Waals surface area (Å²) in [6.07, 6.45) is 0.425. The maximum absolute atomic E-state index is 13.7. The minimum absolute atomic E-state index is 0.00307. The van der Waals surface area contributed by atoms with Gasteiger partial charge in [-0.2, -0.15) is 0 Å². The van der Waals surface area contributed by atoms with Gasteiger partial charge in [-0.15, -0.1) is 11.3 Å². The number of ether oxygens (including phenoxy) is 1. The molecule has 0 aliphatic carbocycles. The van der Waals surface area contributed by atoms with Crippen molar-refractivity contribution in [1.29, 1.82) is 0 Å². The highest BCUT2D eigenvalue weighted by Crippen LogP contribution is 2.32. The van der Waals surface area contributed by atoms with Gasteiger partial charge in [0, 0.05) is 48.0 Å². The number of benzene rings is 2. The molecule has 1 aliphatic heterocycles. The molecule has 2 amide bonds. The summed E-state index contributed by atoms with van der Waals surface area (Å²) >= 11 is 1.60. The first-order valence-corrected chi connectivity index (χ1v) is 12.9. The van der Waals surface area contributed by atoms with Gasteiger partial charge in [-0.3, -0.25) is 9.59 Å². The van der Waals surface area contributed by atoms with Crippen LogP contribution in [0.1, 0.15) is 20.9 Å². The summed E-state index contributed by atoms with van der Waals surface area (Å²) in [6, 6.07) is 23.9. The molecular formula is C29H29N3O3S. The molecule has 1 aliphatic rings. The van der Waals surface area contributed by atoms with E-state index in [1.807, 2.05) is 94.9 Å². The predicted octanol–water partition coefficient (Wildman–Crippen LogP) is 5.05. The zero-order chi connectivity index (χ0) is 25.1. The SMILES string of the molecule is COc1cccc(-c2cc(C(=O)N3CCN(C(=O)Cc4cccs4)CC3)c(C)n2-c2ccccc2)c1. The van der Waals surface area contributed by atoms with Crippen LogP contribution in [0.15, 0.2) is 78.2 Å². The number of rotatable bonds is 6. The molecule has 3 heterocycles. The van der Waals surface area contributed by atoms with Gasteiger partial charge in [0.15, 0.2) is 0 Å². The summed E-state index contributed by atoms with van der Waals surface area (Å²) in [4.78, 5) is 31.2. The lowest BCUT2D eigenvalue weighted by molar-refractivity contribution is -0.131. The number of hydrogen-bond donors (Lipinski definition) is 0. The van der Waals surface area contributed by atoms with E-state index in [1.165, 1.54) is 0 Å². The van der Waals surface area contributed by atoms with Crippen LogP contribution < -0.4 is 4.74 Å². The molecule has 2 aromatic heterocycles. The third-order valence-electron chi connectivity index (χ3n) is 6.68. The van der Waals surface area contributed by atoms with Crippen LogP contribution in [-0.4, -0.2) is 59.5 Å². The Labute approximate surface area is 215 Å². The molecule has 0 spiro atoms. The Bertz CT molecular complexity index is 1350. The van der Waals surface area contributed by atoms with Crippen molar-refractivity contribution in [2.24, 2.45) is 0 Å². The Hall–Kier alpha value is -3.84. The Balaban J connectivity index is 1.40. The van der Waals surface area contributed by atoms with Crippen LogP contribution in [0.4, 0.5) is 0 Å². The van der Waals surface area contributed by atoms with Gasteiger partial charge in [0.25, 0.3) is 5.91 Å². The van der Waals surface area contributed by atoms with Crippen molar-refractivity contribution in [3.63, 3.8) is 0 Å². The van der Waals surface area contributed by atoms with E-state index >= 15 is 0 Å². The topological polar surface area (TPSA) is 54.8 Å². The first kappa shape index (κ1) is 23.9. The Morgan fingerprint density at radius 3 is 2.33 bits per heavy atom. The average molecular weight is 500 g/mol. The van der Waals surface area contributed by atoms with E-state index in [4.69, 9.17) is 4.74 Å². The maximum Gasteiger partial charge on any atom is 0.255 e. The molecule has 4 aromatic rings. The third-order valence-corrected chi connectivity index (χ3v) is 7.56. The fraction of sp³-hybridized carbons (Fsp3) is 0.241. The van der Waals surface area contributed by atoms with E-state index in [0.29, 0.717) is 38.2 Å². The molecule has 0 atom stereocenters. The monoisotopic (exact) mass is 499 g/mol. The number of carbonyl (C=O) groups excluding carboxylic acids is 2. The molecule has 0 radical (unpaired) electrons. The van der Waals surface area contributed by atoms with Crippen molar-refractivity contribution in [3.05, 3.63) is 94.3 Å². The minimum Gasteiger partial charge on any atom is -0.497 e. The Morgan fingerprint density at radius 1 is 0.889 bits per heavy atom. The smallest absolute Gasteiger partial charge is 0.255 e. The standard InChI is InChI=1S/C29H29N3O3S/c1-21-26(29(34)31-15-13-30(14-16-31)28(33)19-25-12-7-17-36-25)20-27(22-8-6-11-24(18-22)35-2)32(21)23-9-4-3-5-10-23/h3-12,17-18,20H,13-16,19H2,1-2H3. The number of piperazine rings is 1. The summed E-state index contributed by atoms with van der Waals surface area (Å²) in [7, 11) is 1.65. The zero-order valence-electron chi connectivity index (χ0n) is 20.5. The number of hydrogen-bond acceptors (Lipinski definition) is 4. The van der Waals surface area contributed by atoms with E-state index in [9.17, 15) is 9.59 Å². The summed E-state index contributed by atoms with van der Waals surface area (Å²) in [5, 5.41) is 1.99. The van der Waals surface area contributed by atoms with Gasteiger partial charge >= 0.3 is 0 Å². The van der Waals surface area contributed by atoms with Gasteiger partial charge in [0.2, 0.25) is 5.91 Å². The third kappa shape index (κ3) is 4.79. The summed E-state index contributed by atoms with van der Waals surface area (Å²) in [5.74, 6) is 0.884. The quantitative estimate of drug-likeness (QED) is 0.373. The van der Waals surface area contributed by atoms with Crippen LogP contribution in [0, 0.1) is 6.92 Å². The Morgan fingerprint density at radius 2 is 1.64 bits per heavy atom. The molecule has 5 rings (SSSR count). The maximum atomic E-state index is 13.7. The summed E-state index contributed by atoms with van der Waals surface area (Å²) < 4.78 is 7.58. The largest absolute Gasteiger partial charge is 0.497 e. The highest BCUT2D eigenvalue weighted by atomic mass is 32.1. The molecule has 1 fully saturated rings. The van der Waals surface area contributed by atoms with Gasteiger partial charge in [-0.25, -0.2) is 0 Å². The number of para-hydroxylation sites is 1. The predicted molar refractivity (Wildman–Crippen MR) is 143 cm³/mol. The zero-order valence-corrected chi connectivity index (χ0v) is 21.3. The fourth-order valence-electron chi connectivity index (χ4n) is 4.73. The number of amides is 2. The molecule has 0 unspecified atom stereocenters. The van der Waals surface area contributed by atoms with Gasteiger partial charge < -0.3 is 19.1 Å². The summed E-state index contributed by atoms with van der Waals surface area (Å²) in [6.45, 7) is 4.15. The average Bonchev–Trinajstić information content (AvgIpc) is 3.56. The minimum atomic E-state index is -0.00307. The first-order valence-electron chi connectivity index (χ1n) is 12.1. The molecule has 1 saturated heterocycles. The van der Waals surface area contributed by atoms with E-state index in [0.717, 1.165) is 33.3 Å². The van der Waals surface area contributed by atoms with Crippen LogP contribution in [-0.2, 0) is 11.2 Å². The number of carbonyl (C=O) groups is 2. The number of nitrogens with zero attached hydrogens (tertiary/aromatic N) is 3. The van der Waals surface area contributed by atoms with Crippen molar-refractivity contribution >= 4 is 23.2 Å². The van der Waals surface area contributed by atoms with Gasteiger partial charge in [-0.05, 0) is 48.7 Å². The van der Waals surface area contributed by atoms with Gasteiger partial charge in [-0.1, -0.05) is 36.4 Å². The van der Waals surface area contributed by atoms with E-state index in [-0.39, 0.29) is 11.8 Å². The molecule has 0 bridgehead atoms. The second-order valence-corrected chi connectivity index (χ2v) is 9.89. The van der Waals surface area contributed by atoms with Crippen LogP contribution in [0.2, 0.25) is 0 Å². The molecule has 0 saturated carbocycles. The lowest BCUT2D eigenvalue weighted by atomic mass is 10.1. The van der Waals surface area contributed by atoms with Crippen molar-refractivity contribution < 1.29 is 14.3 Å². The second-order valence-electron chi connectivity index (χ2n) is 8.86. The van der Waals surface area contributed by atoms with Crippen LogP contribution in [0.25, 0.3) is 16.9 Å². The van der Waals surface area contributed by atoms with E-state index in [2.05, 4.69) is 4.57 Å². The van der Waals surface area contributed by atoms with Gasteiger partial charge in [0.1, 0.15) is 5.75 Å². The lowest BCUT2D eigenvalue weighted by Crippen LogP contribution is -2.51. The fourth-order valence-corrected chi connectivity index (χ4v) is 5.43. The number of methoxy groups -OCH3 is 1. The van der Waals surface area contributed by atoms with Crippen molar-refractivity contribution in [3.8, 4) is 22.7 Å². The van der Waals surface area contributed by atoms with Gasteiger partial charge in [0.05, 0.1) is 24.8 Å². The number of thiophene rings is 1. The normalized spacial score (nSPS) is 13.6. The lowest BCUT2D eigenvalue weighted by Gasteiger charge is -2.34. The number of aromatic nitrogens is 1. The Kier molecular flexibility index (Phi) is 6.91. The highest BCUT2D eigenvalue weighted by Gasteiger charge is 2.28. The van der Waals surface area contributed by atoms with E-state index < -0.39 is 0 Å². The summed E-state index contributed by atoms with van der Waals surface area (Å²) in [5.41, 5.74) is 4.47. The molecule has 6 nitrogen and oxygen atoms in total. The molecule has 0 N–H and O–H groups in total. The second kappa shape index (κ2) is 10.4. The van der Waals surface area contributed by atoms with E-state index in [1.54, 1.807) is 18.4 Å². The van der Waals surface area contributed by atoms with Crippen molar-refractivity contribution in [1.82, 2.24) is 14.4 Å². The first-order chi connectivity index (χ1) is 17.5. The highest BCUT2D eigenvalue weighted by molar-refractivity contribution is 7.10. The molecule has 2 aromatic carbocycles. The molecule has 36 heavy (non-hydrogen) atoms. The van der Waals surface area contributed by atoms with Crippen LogP contribution in [0.5, 0.6) is 5.75 Å². The van der Waals surface area contributed by atoms with Crippen LogP contribution >= 0.6 is 11.3 Å².